The lowest BCUT2D eigenvalue weighted by Crippen LogP contribution is -2.25. The quantitative estimate of drug-likeness (QED) is 0.540. The van der Waals surface area contributed by atoms with E-state index in [0.29, 0.717) is 18.6 Å². The maximum atomic E-state index is 12.0. The van der Waals surface area contributed by atoms with Gasteiger partial charge >= 0.3 is 5.97 Å². The molecule has 0 unspecified atom stereocenters. The molecular formula is C12H20O5S. The second-order valence-corrected chi connectivity index (χ2v) is 5.42. The Kier molecular flexibility index (Phi) is 6.67. The van der Waals surface area contributed by atoms with Crippen LogP contribution in [0.25, 0.3) is 0 Å². The molecule has 0 aromatic rings. The number of ether oxygens (including phenoxy) is 3. The standard InChI is InChI=1S/C12H20O5S/c1-4-18-12(14)10-6-8(17-7-15-2)5-9(10)11(13)16-3/h8-10H,4-7H2,1-3H3/t8-,9+,10-/m1/s1. The van der Waals surface area contributed by atoms with Crippen molar-refractivity contribution < 1.29 is 23.8 Å². The summed E-state index contributed by atoms with van der Waals surface area (Å²) in [5, 5.41) is 0.0522. The third-order valence-electron chi connectivity index (χ3n) is 3.03. The highest BCUT2D eigenvalue weighted by Gasteiger charge is 2.43. The van der Waals surface area contributed by atoms with Crippen LogP contribution in [0.4, 0.5) is 0 Å². The summed E-state index contributed by atoms with van der Waals surface area (Å²) in [5.74, 6) is -0.298. The zero-order valence-electron chi connectivity index (χ0n) is 11.0. The lowest BCUT2D eigenvalue weighted by Gasteiger charge is -2.14. The molecule has 3 atom stereocenters. The van der Waals surface area contributed by atoms with Gasteiger partial charge < -0.3 is 14.2 Å². The van der Waals surface area contributed by atoms with E-state index in [1.54, 1.807) is 7.11 Å². The number of carbonyl (C=O) groups excluding carboxylic acids is 2. The van der Waals surface area contributed by atoms with E-state index in [0.717, 1.165) is 0 Å². The van der Waals surface area contributed by atoms with Gasteiger partial charge in [0.1, 0.15) is 6.79 Å². The summed E-state index contributed by atoms with van der Waals surface area (Å²) >= 11 is 1.25. The second-order valence-electron chi connectivity index (χ2n) is 4.15. The van der Waals surface area contributed by atoms with Crippen LogP contribution in [0.1, 0.15) is 19.8 Å². The number of rotatable bonds is 6. The zero-order chi connectivity index (χ0) is 13.5. The molecule has 0 aromatic heterocycles. The van der Waals surface area contributed by atoms with Crippen LogP contribution in [0.15, 0.2) is 0 Å². The molecule has 1 saturated carbocycles. The van der Waals surface area contributed by atoms with Crippen molar-refractivity contribution in [1.29, 1.82) is 0 Å². The highest BCUT2D eigenvalue weighted by molar-refractivity contribution is 8.13. The van der Waals surface area contributed by atoms with E-state index in [-0.39, 0.29) is 35.8 Å². The lowest BCUT2D eigenvalue weighted by atomic mass is 9.98. The topological polar surface area (TPSA) is 61.8 Å². The Morgan fingerprint density at radius 1 is 1.22 bits per heavy atom. The summed E-state index contributed by atoms with van der Waals surface area (Å²) in [6.07, 6.45) is 0.978. The van der Waals surface area contributed by atoms with Crippen molar-refractivity contribution in [2.75, 3.05) is 26.8 Å². The van der Waals surface area contributed by atoms with Crippen LogP contribution in [-0.2, 0) is 23.8 Å². The minimum Gasteiger partial charge on any atom is -0.469 e. The Labute approximate surface area is 112 Å². The lowest BCUT2D eigenvalue weighted by molar-refractivity contribution is -0.148. The van der Waals surface area contributed by atoms with Crippen molar-refractivity contribution in [3.63, 3.8) is 0 Å². The predicted octanol–water partition coefficient (Wildman–Crippen LogP) is 1.45. The van der Waals surface area contributed by atoms with Crippen molar-refractivity contribution in [2.45, 2.75) is 25.9 Å². The van der Waals surface area contributed by atoms with Gasteiger partial charge in [0.15, 0.2) is 5.12 Å². The summed E-state index contributed by atoms with van der Waals surface area (Å²) in [4.78, 5) is 23.6. The van der Waals surface area contributed by atoms with E-state index >= 15 is 0 Å². The van der Waals surface area contributed by atoms with E-state index in [9.17, 15) is 9.59 Å². The van der Waals surface area contributed by atoms with Gasteiger partial charge in [0, 0.05) is 13.0 Å². The molecule has 104 valence electrons. The first-order valence-electron chi connectivity index (χ1n) is 5.99. The smallest absolute Gasteiger partial charge is 0.309 e. The van der Waals surface area contributed by atoms with Crippen LogP contribution in [0.5, 0.6) is 0 Å². The fourth-order valence-corrected chi connectivity index (χ4v) is 2.97. The summed E-state index contributed by atoms with van der Waals surface area (Å²) in [6.45, 7) is 2.10. The molecule has 0 saturated heterocycles. The number of methoxy groups -OCH3 is 2. The van der Waals surface area contributed by atoms with Crippen molar-refractivity contribution in [1.82, 2.24) is 0 Å². The Balaban J connectivity index is 2.65. The Morgan fingerprint density at radius 2 is 1.89 bits per heavy atom. The molecule has 0 N–H and O–H groups in total. The number of thioether (sulfide) groups is 1. The molecule has 0 bridgehead atoms. The summed E-state index contributed by atoms with van der Waals surface area (Å²) in [6, 6.07) is 0. The van der Waals surface area contributed by atoms with Gasteiger partial charge in [0.25, 0.3) is 0 Å². The van der Waals surface area contributed by atoms with Gasteiger partial charge in [-0.3, -0.25) is 9.59 Å². The largest absolute Gasteiger partial charge is 0.469 e. The third kappa shape index (κ3) is 3.96. The van der Waals surface area contributed by atoms with Crippen molar-refractivity contribution in [2.24, 2.45) is 11.8 Å². The first-order valence-corrected chi connectivity index (χ1v) is 6.97. The van der Waals surface area contributed by atoms with Crippen LogP contribution in [0.3, 0.4) is 0 Å². The maximum Gasteiger partial charge on any atom is 0.309 e. The SMILES string of the molecule is CCSC(=O)[C@@H]1C[C@H](OCOC)C[C@@H]1C(=O)OC. The molecule has 1 rings (SSSR count). The summed E-state index contributed by atoms with van der Waals surface area (Å²) in [5.41, 5.74) is 0. The fourth-order valence-electron chi connectivity index (χ4n) is 2.21. The van der Waals surface area contributed by atoms with Crippen LogP contribution >= 0.6 is 11.8 Å². The van der Waals surface area contributed by atoms with Crippen LogP contribution in [0, 0.1) is 11.8 Å². The monoisotopic (exact) mass is 276 g/mol. The number of carbonyl (C=O) groups is 2. The van der Waals surface area contributed by atoms with E-state index in [1.807, 2.05) is 6.92 Å². The minimum atomic E-state index is -0.386. The Hall–Kier alpha value is -0.590. The number of hydrogen-bond donors (Lipinski definition) is 0. The van der Waals surface area contributed by atoms with Gasteiger partial charge in [0.05, 0.1) is 19.1 Å². The first-order chi connectivity index (χ1) is 8.63. The zero-order valence-corrected chi connectivity index (χ0v) is 11.8. The first kappa shape index (κ1) is 15.5. The van der Waals surface area contributed by atoms with Crippen LogP contribution in [-0.4, -0.2) is 44.0 Å². The van der Waals surface area contributed by atoms with Gasteiger partial charge in [-0.15, -0.1) is 0 Å². The van der Waals surface area contributed by atoms with Crippen LogP contribution in [0.2, 0.25) is 0 Å². The molecule has 1 fully saturated rings. The maximum absolute atomic E-state index is 12.0. The average Bonchev–Trinajstić information content (AvgIpc) is 2.80. The summed E-state index contributed by atoms with van der Waals surface area (Å²) in [7, 11) is 2.89. The van der Waals surface area contributed by atoms with Crippen LogP contribution < -0.4 is 0 Å². The molecule has 0 aliphatic heterocycles. The number of esters is 1. The van der Waals surface area contributed by atoms with Gasteiger partial charge in [-0.1, -0.05) is 18.7 Å². The molecule has 0 amide bonds. The van der Waals surface area contributed by atoms with Gasteiger partial charge in [-0.05, 0) is 18.6 Å². The molecule has 6 heteroatoms. The van der Waals surface area contributed by atoms with Gasteiger partial charge in [-0.2, -0.15) is 0 Å². The third-order valence-corrected chi connectivity index (χ3v) is 3.91. The molecule has 1 aliphatic carbocycles. The second kappa shape index (κ2) is 7.76. The predicted molar refractivity (Wildman–Crippen MR) is 68.1 cm³/mol. The highest BCUT2D eigenvalue weighted by atomic mass is 32.2. The highest BCUT2D eigenvalue weighted by Crippen LogP contribution is 2.37. The van der Waals surface area contributed by atoms with Crippen molar-refractivity contribution in [3.05, 3.63) is 0 Å². The number of hydrogen-bond acceptors (Lipinski definition) is 6. The Morgan fingerprint density at radius 3 is 2.44 bits per heavy atom. The van der Waals surface area contributed by atoms with Crippen molar-refractivity contribution >= 4 is 22.8 Å². The van der Waals surface area contributed by atoms with E-state index < -0.39 is 0 Å². The minimum absolute atomic E-state index is 0.0522. The molecule has 0 aromatic carbocycles. The molecular weight excluding hydrogens is 256 g/mol. The molecule has 0 spiro atoms. The van der Waals surface area contributed by atoms with E-state index in [1.165, 1.54) is 18.9 Å². The fraction of sp³-hybridized carbons (Fsp3) is 0.833. The molecule has 18 heavy (non-hydrogen) atoms. The Bertz CT molecular complexity index is 294. The van der Waals surface area contributed by atoms with E-state index in [2.05, 4.69) is 0 Å². The van der Waals surface area contributed by atoms with Crippen molar-refractivity contribution in [3.8, 4) is 0 Å². The summed E-state index contributed by atoms with van der Waals surface area (Å²) < 4.78 is 15.0. The average molecular weight is 276 g/mol. The molecule has 1 aliphatic rings. The molecule has 0 radical (unpaired) electrons. The molecule has 0 heterocycles. The van der Waals surface area contributed by atoms with E-state index in [4.69, 9.17) is 14.2 Å². The van der Waals surface area contributed by atoms with Gasteiger partial charge in [-0.25, -0.2) is 0 Å². The normalized spacial score (nSPS) is 27.2. The molecule has 5 nitrogen and oxygen atoms in total. The van der Waals surface area contributed by atoms with Gasteiger partial charge in [0.2, 0.25) is 0 Å².